The van der Waals surface area contributed by atoms with E-state index in [4.69, 9.17) is 9.47 Å². The zero-order valence-electron chi connectivity index (χ0n) is 16.2. The summed E-state index contributed by atoms with van der Waals surface area (Å²) >= 11 is 0. The van der Waals surface area contributed by atoms with Gasteiger partial charge in [-0.15, -0.1) is 0 Å². The second-order valence-electron chi connectivity index (χ2n) is 6.58. The topological polar surface area (TPSA) is 105 Å². The van der Waals surface area contributed by atoms with E-state index in [1.165, 1.54) is 13.2 Å². The van der Waals surface area contributed by atoms with Crippen LogP contribution in [-0.4, -0.2) is 42.6 Å². The van der Waals surface area contributed by atoms with E-state index in [1.807, 2.05) is 12.1 Å². The number of hydrogen-bond donors (Lipinski definition) is 2. The van der Waals surface area contributed by atoms with Crippen LogP contribution in [0.4, 0.5) is 5.69 Å². The van der Waals surface area contributed by atoms with Crippen LogP contribution in [0.3, 0.4) is 0 Å². The van der Waals surface area contributed by atoms with Crippen LogP contribution in [0.15, 0.2) is 42.5 Å². The van der Waals surface area contributed by atoms with Gasteiger partial charge in [-0.3, -0.25) is 9.59 Å². The molecular weight excluding hydrogens is 376 g/mol. The van der Waals surface area contributed by atoms with Gasteiger partial charge in [0.25, 0.3) is 5.91 Å². The van der Waals surface area contributed by atoms with Crippen molar-refractivity contribution in [3.8, 4) is 11.5 Å². The number of carbonyl (C=O) groups excluding carboxylic acids is 2. The van der Waals surface area contributed by atoms with Crippen molar-refractivity contribution in [3.63, 3.8) is 0 Å². The summed E-state index contributed by atoms with van der Waals surface area (Å²) in [6.45, 7) is 2.07. The number of carbonyl (C=O) groups is 3. The van der Waals surface area contributed by atoms with E-state index in [1.54, 1.807) is 36.1 Å². The fourth-order valence-electron chi connectivity index (χ4n) is 3.12. The quantitative estimate of drug-likeness (QED) is 0.741. The van der Waals surface area contributed by atoms with Crippen LogP contribution in [0.1, 0.15) is 29.3 Å². The van der Waals surface area contributed by atoms with Crippen molar-refractivity contribution in [1.82, 2.24) is 5.32 Å². The molecule has 2 aromatic carbocycles. The first-order valence-electron chi connectivity index (χ1n) is 9.14. The SMILES string of the molecule is COc1ccc(CNC(=O)CCN2C(=O)C(C)Oc3ccccc32)cc1C(=O)O. The number of methoxy groups -OCH3 is 1. The van der Waals surface area contributed by atoms with Crippen molar-refractivity contribution < 1.29 is 29.0 Å². The Morgan fingerprint density at radius 3 is 2.72 bits per heavy atom. The summed E-state index contributed by atoms with van der Waals surface area (Å²) in [7, 11) is 1.40. The second kappa shape index (κ2) is 8.64. The Bertz CT molecular complexity index is 943. The van der Waals surface area contributed by atoms with E-state index < -0.39 is 12.1 Å². The van der Waals surface area contributed by atoms with Crippen molar-refractivity contribution in [3.05, 3.63) is 53.6 Å². The summed E-state index contributed by atoms with van der Waals surface area (Å²) in [5.74, 6) is -0.681. The van der Waals surface area contributed by atoms with Crippen molar-refractivity contribution >= 4 is 23.5 Å². The molecule has 2 N–H and O–H groups in total. The van der Waals surface area contributed by atoms with Crippen molar-refractivity contribution in [2.75, 3.05) is 18.6 Å². The fourth-order valence-corrected chi connectivity index (χ4v) is 3.12. The highest BCUT2D eigenvalue weighted by atomic mass is 16.5. The number of nitrogens with zero attached hydrogens (tertiary/aromatic N) is 1. The molecule has 3 rings (SSSR count). The van der Waals surface area contributed by atoms with Crippen LogP contribution in [0, 0.1) is 0 Å². The normalized spacial score (nSPS) is 15.3. The van der Waals surface area contributed by atoms with Gasteiger partial charge in [0.1, 0.15) is 17.1 Å². The molecule has 8 nitrogen and oxygen atoms in total. The number of carboxylic acid groups (broad SMARTS) is 1. The van der Waals surface area contributed by atoms with Gasteiger partial charge in [0.2, 0.25) is 5.91 Å². The number of anilines is 1. The minimum atomic E-state index is -1.10. The first-order chi connectivity index (χ1) is 13.9. The van der Waals surface area contributed by atoms with Gasteiger partial charge >= 0.3 is 5.97 Å². The Morgan fingerprint density at radius 1 is 1.24 bits per heavy atom. The van der Waals surface area contributed by atoms with Gasteiger partial charge in [0, 0.05) is 19.5 Å². The van der Waals surface area contributed by atoms with Crippen LogP contribution in [0.5, 0.6) is 11.5 Å². The summed E-state index contributed by atoms with van der Waals surface area (Å²) < 4.78 is 10.6. The molecule has 0 spiro atoms. The van der Waals surface area contributed by atoms with Gasteiger partial charge in [-0.25, -0.2) is 4.79 Å². The predicted molar refractivity (Wildman–Crippen MR) is 105 cm³/mol. The molecule has 1 unspecified atom stereocenters. The lowest BCUT2D eigenvalue weighted by atomic mass is 10.1. The smallest absolute Gasteiger partial charge is 0.339 e. The highest BCUT2D eigenvalue weighted by molar-refractivity contribution is 6.00. The zero-order chi connectivity index (χ0) is 21.0. The van der Waals surface area contributed by atoms with Gasteiger partial charge in [-0.05, 0) is 36.8 Å². The summed E-state index contributed by atoms with van der Waals surface area (Å²) in [5.41, 5.74) is 1.31. The number of para-hydroxylation sites is 2. The molecule has 0 saturated heterocycles. The van der Waals surface area contributed by atoms with Gasteiger partial charge in [-0.2, -0.15) is 0 Å². The molecule has 0 aromatic heterocycles. The number of aromatic carboxylic acids is 1. The number of carboxylic acids is 1. The Labute approximate surface area is 168 Å². The molecule has 1 heterocycles. The summed E-state index contributed by atoms with van der Waals surface area (Å²) in [6.07, 6.45) is -0.504. The van der Waals surface area contributed by atoms with Crippen molar-refractivity contribution in [1.29, 1.82) is 0 Å². The minimum Gasteiger partial charge on any atom is -0.496 e. The van der Waals surface area contributed by atoms with Gasteiger partial charge in [0.15, 0.2) is 6.10 Å². The molecule has 29 heavy (non-hydrogen) atoms. The third-order valence-corrected chi connectivity index (χ3v) is 4.62. The maximum Gasteiger partial charge on any atom is 0.339 e. The summed E-state index contributed by atoms with van der Waals surface area (Å²) in [5, 5.41) is 12.0. The molecule has 152 valence electrons. The second-order valence-corrected chi connectivity index (χ2v) is 6.58. The Kier molecular flexibility index (Phi) is 6.01. The van der Waals surface area contributed by atoms with E-state index >= 15 is 0 Å². The third kappa shape index (κ3) is 4.48. The van der Waals surface area contributed by atoms with E-state index in [-0.39, 0.29) is 42.6 Å². The average molecular weight is 398 g/mol. The molecule has 0 fully saturated rings. The van der Waals surface area contributed by atoms with E-state index in [0.29, 0.717) is 17.0 Å². The molecule has 0 radical (unpaired) electrons. The van der Waals surface area contributed by atoms with Gasteiger partial charge < -0.3 is 24.8 Å². The molecular formula is C21H22N2O6. The number of amides is 2. The van der Waals surface area contributed by atoms with Crippen molar-refractivity contribution in [2.45, 2.75) is 26.0 Å². The molecule has 1 aliphatic rings. The van der Waals surface area contributed by atoms with Crippen molar-refractivity contribution in [2.24, 2.45) is 0 Å². The van der Waals surface area contributed by atoms with Crippen LogP contribution in [0.2, 0.25) is 0 Å². The molecule has 1 atom stereocenters. The zero-order valence-corrected chi connectivity index (χ0v) is 16.2. The van der Waals surface area contributed by atoms with E-state index in [2.05, 4.69) is 5.32 Å². The lowest BCUT2D eigenvalue weighted by molar-refractivity contribution is -0.125. The molecule has 0 bridgehead atoms. The fraction of sp³-hybridized carbons (Fsp3) is 0.286. The molecule has 0 aliphatic carbocycles. The van der Waals surface area contributed by atoms with Crippen LogP contribution in [-0.2, 0) is 16.1 Å². The lowest BCUT2D eigenvalue weighted by Gasteiger charge is -2.32. The lowest BCUT2D eigenvalue weighted by Crippen LogP contribution is -2.45. The van der Waals surface area contributed by atoms with Crippen LogP contribution >= 0.6 is 0 Å². The Hall–Kier alpha value is -3.55. The number of benzene rings is 2. The highest BCUT2D eigenvalue weighted by Crippen LogP contribution is 2.33. The summed E-state index contributed by atoms with van der Waals surface area (Å²) in [4.78, 5) is 37.6. The third-order valence-electron chi connectivity index (χ3n) is 4.62. The Morgan fingerprint density at radius 2 is 2.00 bits per heavy atom. The number of ether oxygens (including phenoxy) is 2. The average Bonchev–Trinajstić information content (AvgIpc) is 2.72. The monoisotopic (exact) mass is 398 g/mol. The highest BCUT2D eigenvalue weighted by Gasteiger charge is 2.31. The van der Waals surface area contributed by atoms with Crippen LogP contribution in [0.25, 0.3) is 0 Å². The molecule has 1 aliphatic heterocycles. The van der Waals surface area contributed by atoms with Gasteiger partial charge in [-0.1, -0.05) is 18.2 Å². The number of fused-ring (bicyclic) bond motifs is 1. The van der Waals surface area contributed by atoms with Gasteiger partial charge in [0.05, 0.1) is 12.8 Å². The summed E-state index contributed by atoms with van der Waals surface area (Å²) in [6, 6.07) is 11.9. The van der Waals surface area contributed by atoms with Crippen LogP contribution < -0.4 is 19.7 Å². The maximum atomic E-state index is 12.4. The first kappa shape index (κ1) is 20.2. The maximum absolute atomic E-state index is 12.4. The largest absolute Gasteiger partial charge is 0.496 e. The first-order valence-corrected chi connectivity index (χ1v) is 9.14. The minimum absolute atomic E-state index is 0.0313. The molecule has 2 aromatic rings. The molecule has 0 saturated carbocycles. The molecule has 8 heteroatoms. The standard InChI is InChI=1S/C21H22N2O6/c1-13-20(25)23(16-5-3-4-6-18(16)29-13)10-9-19(24)22-12-14-7-8-17(28-2)15(11-14)21(26)27/h3-8,11,13H,9-10,12H2,1-2H3,(H,22,24)(H,26,27). The number of nitrogens with one attached hydrogen (secondary N) is 1. The van der Waals surface area contributed by atoms with E-state index in [9.17, 15) is 19.5 Å². The molecule has 2 amide bonds. The van der Waals surface area contributed by atoms with E-state index in [0.717, 1.165) is 0 Å². The number of rotatable bonds is 7. The predicted octanol–water partition coefficient (Wildman–Crippen LogP) is 2.21. The number of hydrogen-bond acceptors (Lipinski definition) is 5. The Balaban J connectivity index is 1.60.